The topological polar surface area (TPSA) is 0 Å². The second-order valence-electron chi connectivity index (χ2n) is 10.3. The van der Waals surface area contributed by atoms with E-state index in [-0.39, 0.29) is 0 Å². The van der Waals surface area contributed by atoms with Crippen LogP contribution in [0.5, 0.6) is 0 Å². The van der Waals surface area contributed by atoms with Gasteiger partial charge in [0, 0.05) is 5.33 Å². The first-order chi connectivity index (χ1) is 12.1. The first-order valence-electron chi connectivity index (χ1n) is 11.3. The van der Waals surface area contributed by atoms with E-state index < -0.39 is 0 Å². The molecule has 0 aromatic rings. The lowest BCUT2D eigenvalue weighted by Crippen LogP contribution is -2.48. The lowest BCUT2D eigenvalue weighted by Gasteiger charge is -2.56. The summed E-state index contributed by atoms with van der Waals surface area (Å²) < 4.78 is 0. The summed E-state index contributed by atoms with van der Waals surface area (Å²) in [4.78, 5) is 0. The quantitative estimate of drug-likeness (QED) is 0.332. The average Bonchev–Trinajstić information content (AvgIpc) is 2.98. The van der Waals surface area contributed by atoms with Crippen molar-refractivity contribution in [1.82, 2.24) is 0 Å². The van der Waals surface area contributed by atoms with Gasteiger partial charge in [0.25, 0.3) is 0 Å². The minimum Gasteiger partial charge on any atom is -0.0922 e. The van der Waals surface area contributed by atoms with Crippen LogP contribution < -0.4 is 0 Å². The smallest absolute Gasteiger partial charge is 0.00945 e. The van der Waals surface area contributed by atoms with E-state index in [1.54, 1.807) is 32.1 Å². The Labute approximate surface area is 164 Å². The molecule has 8 unspecified atom stereocenters. The monoisotopic (exact) mass is 406 g/mol. The third kappa shape index (κ3) is 3.09. The predicted octanol–water partition coefficient (Wildman–Crippen LogP) is 7.62. The third-order valence-electron chi connectivity index (χ3n) is 9.16. The van der Waals surface area contributed by atoms with E-state index in [0.717, 1.165) is 46.8 Å². The zero-order valence-electron chi connectivity index (χ0n) is 16.8. The van der Waals surface area contributed by atoms with Crippen LogP contribution in [-0.4, -0.2) is 5.33 Å². The van der Waals surface area contributed by atoms with Crippen LogP contribution in [0.2, 0.25) is 0 Å². The fourth-order valence-corrected chi connectivity index (χ4v) is 8.42. The zero-order chi connectivity index (χ0) is 17.6. The molecule has 0 saturated heterocycles. The summed E-state index contributed by atoms with van der Waals surface area (Å²) in [6.07, 6.45) is 17.8. The number of rotatable bonds is 4. The SMILES string of the molecule is CCCC1CCC2C(CCC3C2CCC2(C)C(C(C)CBr)=CCC32)C1. The van der Waals surface area contributed by atoms with Gasteiger partial charge >= 0.3 is 0 Å². The number of halogens is 1. The third-order valence-corrected chi connectivity index (χ3v) is 10.1. The van der Waals surface area contributed by atoms with Crippen LogP contribution in [0.1, 0.15) is 85.0 Å². The molecule has 0 radical (unpaired) electrons. The van der Waals surface area contributed by atoms with Gasteiger partial charge in [0.1, 0.15) is 0 Å². The Morgan fingerprint density at radius 3 is 2.68 bits per heavy atom. The highest BCUT2D eigenvalue weighted by Crippen LogP contribution is 2.63. The fourth-order valence-electron chi connectivity index (χ4n) is 8.07. The van der Waals surface area contributed by atoms with Crippen molar-refractivity contribution in [2.75, 3.05) is 5.33 Å². The van der Waals surface area contributed by atoms with E-state index in [9.17, 15) is 0 Å². The molecule has 0 bridgehead atoms. The van der Waals surface area contributed by atoms with Gasteiger partial charge in [-0.1, -0.05) is 67.6 Å². The van der Waals surface area contributed by atoms with Gasteiger partial charge in [0.05, 0.1) is 0 Å². The Hall–Kier alpha value is 0.220. The maximum Gasteiger partial charge on any atom is 0.00945 e. The lowest BCUT2D eigenvalue weighted by atomic mass is 9.49. The molecule has 0 aliphatic heterocycles. The molecule has 0 N–H and O–H groups in total. The molecule has 4 rings (SSSR count). The van der Waals surface area contributed by atoms with Crippen molar-refractivity contribution in [3.05, 3.63) is 11.6 Å². The van der Waals surface area contributed by atoms with Crippen LogP contribution in [0.15, 0.2) is 11.6 Å². The summed E-state index contributed by atoms with van der Waals surface area (Å²) in [5, 5.41) is 1.14. The van der Waals surface area contributed by atoms with E-state index in [1.807, 2.05) is 5.57 Å². The maximum atomic E-state index is 3.76. The molecule has 0 heterocycles. The maximum absolute atomic E-state index is 3.76. The van der Waals surface area contributed by atoms with Crippen molar-refractivity contribution in [2.24, 2.45) is 46.8 Å². The van der Waals surface area contributed by atoms with Gasteiger partial charge in [-0.25, -0.2) is 0 Å². The Balaban J connectivity index is 1.48. The summed E-state index contributed by atoms with van der Waals surface area (Å²) in [7, 11) is 0. The van der Waals surface area contributed by atoms with Crippen LogP contribution in [0.25, 0.3) is 0 Å². The van der Waals surface area contributed by atoms with Gasteiger partial charge in [-0.3, -0.25) is 0 Å². The van der Waals surface area contributed by atoms with E-state index in [2.05, 4.69) is 42.8 Å². The minimum absolute atomic E-state index is 0.528. The average molecular weight is 407 g/mol. The predicted molar refractivity (Wildman–Crippen MR) is 112 cm³/mol. The molecular formula is C24H39Br. The van der Waals surface area contributed by atoms with Crippen LogP contribution in [0, 0.1) is 46.8 Å². The molecule has 1 heteroatoms. The first-order valence-corrected chi connectivity index (χ1v) is 12.5. The van der Waals surface area contributed by atoms with Crippen molar-refractivity contribution >= 4 is 15.9 Å². The Morgan fingerprint density at radius 2 is 1.92 bits per heavy atom. The van der Waals surface area contributed by atoms with Crippen molar-refractivity contribution < 1.29 is 0 Å². The summed E-state index contributed by atoms with van der Waals surface area (Å²) in [5.41, 5.74) is 2.34. The molecule has 0 aromatic heterocycles. The standard InChI is InChI=1S/C24H39Br/c1-4-5-17-6-8-19-18(14-17)7-9-21-20(19)12-13-24(3)22(16(2)15-25)10-11-23(21)24/h10,16-21,23H,4-9,11-15H2,1-3H3. The molecule has 0 spiro atoms. The number of hydrogen-bond donors (Lipinski definition) is 0. The van der Waals surface area contributed by atoms with Crippen LogP contribution in [0.3, 0.4) is 0 Å². The Kier molecular flexibility index (Phi) is 5.44. The first kappa shape index (κ1) is 18.6. The van der Waals surface area contributed by atoms with Gasteiger partial charge in [-0.15, -0.1) is 0 Å². The van der Waals surface area contributed by atoms with E-state index >= 15 is 0 Å². The molecule has 3 saturated carbocycles. The minimum atomic E-state index is 0.528. The molecule has 4 aliphatic carbocycles. The van der Waals surface area contributed by atoms with Crippen molar-refractivity contribution in [2.45, 2.75) is 85.0 Å². The number of allylic oxidation sites excluding steroid dienone is 2. The number of hydrogen-bond acceptors (Lipinski definition) is 0. The Bertz CT molecular complexity index is 508. The molecule has 3 fully saturated rings. The van der Waals surface area contributed by atoms with Gasteiger partial charge in [-0.05, 0) is 91.8 Å². The van der Waals surface area contributed by atoms with Crippen LogP contribution in [0.4, 0.5) is 0 Å². The molecule has 0 amide bonds. The molecule has 8 atom stereocenters. The Morgan fingerprint density at radius 1 is 1.12 bits per heavy atom. The molecule has 142 valence electrons. The second-order valence-corrected chi connectivity index (χ2v) is 11.0. The lowest BCUT2D eigenvalue weighted by molar-refractivity contribution is -0.0526. The normalized spacial score (nSPS) is 47.4. The summed E-state index contributed by atoms with van der Waals surface area (Å²) in [6.45, 7) is 7.45. The van der Waals surface area contributed by atoms with E-state index in [0.29, 0.717) is 5.41 Å². The van der Waals surface area contributed by atoms with Crippen LogP contribution >= 0.6 is 15.9 Å². The van der Waals surface area contributed by atoms with Crippen LogP contribution in [-0.2, 0) is 0 Å². The highest BCUT2D eigenvalue weighted by atomic mass is 79.9. The molecular weight excluding hydrogens is 368 g/mol. The van der Waals surface area contributed by atoms with Crippen molar-refractivity contribution in [3.8, 4) is 0 Å². The van der Waals surface area contributed by atoms with Crippen molar-refractivity contribution in [1.29, 1.82) is 0 Å². The summed E-state index contributed by atoms with van der Waals surface area (Å²) in [6, 6.07) is 0. The summed E-state index contributed by atoms with van der Waals surface area (Å²) in [5.74, 6) is 7.06. The second kappa shape index (κ2) is 7.33. The number of fused-ring (bicyclic) bond motifs is 5. The summed E-state index contributed by atoms with van der Waals surface area (Å²) >= 11 is 3.76. The van der Waals surface area contributed by atoms with Gasteiger partial charge < -0.3 is 0 Å². The highest BCUT2D eigenvalue weighted by molar-refractivity contribution is 9.09. The molecule has 25 heavy (non-hydrogen) atoms. The van der Waals surface area contributed by atoms with Crippen molar-refractivity contribution in [3.63, 3.8) is 0 Å². The largest absolute Gasteiger partial charge is 0.0922 e. The molecule has 4 aliphatic rings. The zero-order valence-corrected chi connectivity index (χ0v) is 18.4. The fraction of sp³-hybridized carbons (Fsp3) is 0.917. The van der Waals surface area contributed by atoms with Gasteiger partial charge in [0.2, 0.25) is 0 Å². The molecule has 0 nitrogen and oxygen atoms in total. The molecule has 0 aromatic carbocycles. The highest BCUT2D eigenvalue weighted by Gasteiger charge is 2.54. The van der Waals surface area contributed by atoms with Gasteiger partial charge in [-0.2, -0.15) is 0 Å². The van der Waals surface area contributed by atoms with Gasteiger partial charge in [0.15, 0.2) is 0 Å². The number of alkyl halides is 1. The van der Waals surface area contributed by atoms with E-state index in [1.165, 1.54) is 32.1 Å². The van der Waals surface area contributed by atoms with E-state index in [4.69, 9.17) is 0 Å².